The van der Waals surface area contributed by atoms with Gasteiger partial charge in [-0.2, -0.15) is 0 Å². The highest BCUT2D eigenvalue weighted by Gasteiger charge is 2.16. The Balaban J connectivity index is 2.09. The minimum absolute atomic E-state index is 0.120. The molecule has 1 aromatic heterocycles. The Hall–Kier alpha value is -1.23. The molecule has 0 saturated heterocycles. The van der Waals surface area contributed by atoms with Crippen molar-refractivity contribution in [3.05, 3.63) is 53.3 Å². The van der Waals surface area contributed by atoms with E-state index in [1.807, 2.05) is 37.4 Å². The quantitative estimate of drug-likeness (QED) is 0.823. The number of ether oxygens (including phenoxy) is 1. The average Bonchev–Trinajstić information content (AvgIpc) is 2.48. The fourth-order valence-corrected chi connectivity index (χ4v) is 3.20. The average molecular weight is 309 g/mol. The van der Waals surface area contributed by atoms with Crippen LogP contribution in [0.4, 0.5) is 0 Å². The van der Waals surface area contributed by atoms with E-state index in [2.05, 4.69) is 16.4 Å². The second-order valence-corrected chi connectivity index (χ2v) is 5.73. The van der Waals surface area contributed by atoms with E-state index in [0.29, 0.717) is 0 Å². The van der Waals surface area contributed by atoms with Gasteiger partial charge in [0, 0.05) is 21.9 Å². The van der Waals surface area contributed by atoms with Crippen LogP contribution in [-0.4, -0.2) is 24.9 Å². The molecule has 0 aliphatic rings. The first-order chi connectivity index (χ1) is 9.74. The largest absolute Gasteiger partial charge is 0.495 e. The molecule has 0 amide bonds. The number of hydrogen-bond acceptors (Lipinski definition) is 4. The highest BCUT2D eigenvalue weighted by atomic mass is 35.5. The summed E-state index contributed by atoms with van der Waals surface area (Å²) >= 11 is 7.74. The number of methoxy groups -OCH3 is 1. The summed E-state index contributed by atoms with van der Waals surface area (Å²) in [5, 5.41) is 4.04. The first-order valence-corrected chi connectivity index (χ1v) is 7.65. The van der Waals surface area contributed by atoms with E-state index in [1.165, 1.54) is 0 Å². The highest BCUT2D eigenvalue weighted by Crippen LogP contribution is 2.29. The van der Waals surface area contributed by atoms with Gasteiger partial charge in [0.2, 0.25) is 0 Å². The van der Waals surface area contributed by atoms with Crippen molar-refractivity contribution in [2.24, 2.45) is 0 Å². The molecule has 2 rings (SSSR count). The van der Waals surface area contributed by atoms with Crippen LogP contribution in [0.15, 0.2) is 47.5 Å². The number of benzene rings is 1. The van der Waals surface area contributed by atoms with Crippen molar-refractivity contribution in [2.75, 3.05) is 19.9 Å². The number of thioether (sulfide) groups is 1. The third-order valence-corrected chi connectivity index (χ3v) is 4.23. The van der Waals surface area contributed by atoms with Gasteiger partial charge in [-0.3, -0.25) is 4.98 Å². The van der Waals surface area contributed by atoms with Crippen LogP contribution in [0.5, 0.6) is 5.75 Å². The minimum atomic E-state index is 0.120. The summed E-state index contributed by atoms with van der Waals surface area (Å²) < 4.78 is 5.37. The molecule has 0 fully saturated rings. The molecule has 0 bridgehead atoms. The van der Waals surface area contributed by atoms with Crippen molar-refractivity contribution < 1.29 is 4.74 Å². The van der Waals surface area contributed by atoms with Crippen molar-refractivity contribution in [1.82, 2.24) is 10.3 Å². The molecule has 0 radical (unpaired) electrons. The van der Waals surface area contributed by atoms with E-state index in [-0.39, 0.29) is 6.04 Å². The van der Waals surface area contributed by atoms with Crippen LogP contribution in [0.1, 0.15) is 11.7 Å². The maximum atomic E-state index is 6.00. The summed E-state index contributed by atoms with van der Waals surface area (Å²) in [5.41, 5.74) is 0.923. The van der Waals surface area contributed by atoms with Crippen molar-refractivity contribution in [3.63, 3.8) is 0 Å². The molecular formula is C15H17ClN2OS. The Morgan fingerprint density at radius 1 is 1.35 bits per heavy atom. The first-order valence-electron chi connectivity index (χ1n) is 6.29. The summed E-state index contributed by atoms with van der Waals surface area (Å²) in [4.78, 5) is 5.57. The topological polar surface area (TPSA) is 34.2 Å². The predicted molar refractivity (Wildman–Crippen MR) is 84.8 cm³/mol. The molecule has 0 aliphatic heterocycles. The van der Waals surface area contributed by atoms with Gasteiger partial charge in [-0.15, -0.1) is 11.8 Å². The molecule has 20 heavy (non-hydrogen) atoms. The lowest BCUT2D eigenvalue weighted by atomic mass is 10.2. The van der Waals surface area contributed by atoms with E-state index in [4.69, 9.17) is 16.3 Å². The maximum absolute atomic E-state index is 6.00. The molecule has 1 N–H and O–H groups in total. The molecule has 106 valence electrons. The van der Waals surface area contributed by atoms with Crippen LogP contribution < -0.4 is 10.1 Å². The Morgan fingerprint density at radius 2 is 2.20 bits per heavy atom. The second kappa shape index (κ2) is 7.53. The van der Waals surface area contributed by atoms with Crippen molar-refractivity contribution in [1.29, 1.82) is 0 Å². The van der Waals surface area contributed by atoms with Crippen molar-refractivity contribution in [3.8, 4) is 5.75 Å². The summed E-state index contributed by atoms with van der Waals surface area (Å²) in [7, 11) is 3.59. The molecule has 3 nitrogen and oxygen atoms in total. The van der Waals surface area contributed by atoms with E-state index in [9.17, 15) is 0 Å². The lowest BCUT2D eigenvalue weighted by Gasteiger charge is -2.17. The van der Waals surface area contributed by atoms with Gasteiger partial charge in [0.25, 0.3) is 0 Å². The molecule has 1 heterocycles. The van der Waals surface area contributed by atoms with Crippen LogP contribution >= 0.6 is 23.4 Å². The summed E-state index contributed by atoms with van der Waals surface area (Å²) in [5.74, 6) is 1.66. The van der Waals surface area contributed by atoms with Crippen molar-refractivity contribution >= 4 is 23.4 Å². The number of halogens is 1. The Bertz CT molecular complexity index is 565. The Labute approximate surface area is 128 Å². The van der Waals surface area contributed by atoms with Gasteiger partial charge in [-0.1, -0.05) is 17.7 Å². The van der Waals surface area contributed by atoms with E-state index in [0.717, 1.165) is 27.1 Å². The number of aromatic nitrogens is 1. The zero-order valence-corrected chi connectivity index (χ0v) is 13.0. The van der Waals surface area contributed by atoms with Crippen LogP contribution in [-0.2, 0) is 0 Å². The standard InChI is InChI=1S/C15H17ClN2OS/c1-17-13(15-14(19-2)7-4-8-18-15)10-20-12-6-3-5-11(16)9-12/h3-9,13,17H,10H2,1-2H3. The van der Waals surface area contributed by atoms with Crippen LogP contribution in [0, 0.1) is 0 Å². The van der Waals surface area contributed by atoms with Gasteiger partial charge in [-0.05, 0) is 37.4 Å². The van der Waals surface area contributed by atoms with Gasteiger partial charge in [0.05, 0.1) is 18.8 Å². The molecule has 2 aromatic rings. The normalized spacial score (nSPS) is 12.2. The lowest BCUT2D eigenvalue weighted by Crippen LogP contribution is -2.20. The highest BCUT2D eigenvalue weighted by molar-refractivity contribution is 7.99. The Kier molecular flexibility index (Phi) is 5.71. The zero-order valence-electron chi connectivity index (χ0n) is 11.5. The molecule has 0 saturated carbocycles. The molecular weight excluding hydrogens is 292 g/mol. The number of rotatable bonds is 6. The van der Waals surface area contributed by atoms with Crippen LogP contribution in [0.2, 0.25) is 5.02 Å². The third kappa shape index (κ3) is 3.88. The second-order valence-electron chi connectivity index (χ2n) is 4.20. The van der Waals surface area contributed by atoms with Gasteiger partial charge < -0.3 is 10.1 Å². The summed E-state index contributed by atoms with van der Waals surface area (Å²) in [6.07, 6.45) is 1.78. The first kappa shape index (κ1) is 15.2. The number of hydrogen-bond donors (Lipinski definition) is 1. The Morgan fingerprint density at radius 3 is 2.90 bits per heavy atom. The van der Waals surface area contributed by atoms with Gasteiger partial charge in [0.1, 0.15) is 5.75 Å². The van der Waals surface area contributed by atoms with E-state index < -0.39 is 0 Å². The number of nitrogens with one attached hydrogen (secondary N) is 1. The summed E-state index contributed by atoms with van der Waals surface area (Å²) in [6, 6.07) is 11.8. The van der Waals surface area contributed by atoms with Gasteiger partial charge in [-0.25, -0.2) is 0 Å². The smallest absolute Gasteiger partial charge is 0.142 e. The predicted octanol–water partition coefficient (Wildman–Crippen LogP) is 3.80. The molecule has 0 spiro atoms. The number of nitrogens with zero attached hydrogens (tertiary/aromatic N) is 1. The minimum Gasteiger partial charge on any atom is -0.495 e. The lowest BCUT2D eigenvalue weighted by molar-refractivity contribution is 0.400. The van der Waals surface area contributed by atoms with E-state index in [1.54, 1.807) is 25.1 Å². The van der Waals surface area contributed by atoms with Gasteiger partial charge >= 0.3 is 0 Å². The fraction of sp³-hybridized carbons (Fsp3) is 0.267. The SMILES string of the molecule is CNC(CSc1cccc(Cl)c1)c1ncccc1OC. The maximum Gasteiger partial charge on any atom is 0.142 e. The molecule has 1 aromatic carbocycles. The van der Waals surface area contributed by atoms with Crippen molar-refractivity contribution in [2.45, 2.75) is 10.9 Å². The monoisotopic (exact) mass is 308 g/mol. The molecule has 1 unspecified atom stereocenters. The molecule has 1 atom stereocenters. The number of pyridine rings is 1. The van der Waals surface area contributed by atoms with Gasteiger partial charge in [0.15, 0.2) is 0 Å². The van der Waals surface area contributed by atoms with E-state index >= 15 is 0 Å². The van der Waals surface area contributed by atoms with Crippen LogP contribution in [0.25, 0.3) is 0 Å². The third-order valence-electron chi connectivity index (χ3n) is 2.91. The van der Waals surface area contributed by atoms with Crippen LogP contribution in [0.3, 0.4) is 0 Å². The zero-order chi connectivity index (χ0) is 14.4. The summed E-state index contributed by atoms with van der Waals surface area (Å²) in [6.45, 7) is 0. The molecule has 0 aliphatic carbocycles. The fourth-order valence-electron chi connectivity index (χ4n) is 1.87. The molecule has 5 heteroatoms.